The standard InChI is InChI=1S/C15H20N2O4/c1-10-4-2-6-12(14(10)16)15(19)21-9-13(18)17-8-11-5-3-7-20-11/h2,4,6,11H,3,5,7-9,16H2,1H3,(H,17,18)/t11-/m0/s1. The summed E-state index contributed by atoms with van der Waals surface area (Å²) in [4.78, 5) is 23.5. The van der Waals surface area contributed by atoms with Gasteiger partial charge in [0.15, 0.2) is 6.61 Å². The molecular formula is C15H20N2O4. The maximum Gasteiger partial charge on any atom is 0.340 e. The molecule has 0 unspecified atom stereocenters. The van der Waals surface area contributed by atoms with Crippen molar-refractivity contribution in [1.29, 1.82) is 0 Å². The Morgan fingerprint density at radius 2 is 2.29 bits per heavy atom. The van der Waals surface area contributed by atoms with Crippen molar-refractivity contribution in [2.75, 3.05) is 25.5 Å². The molecule has 0 saturated carbocycles. The second-order valence-corrected chi connectivity index (χ2v) is 5.05. The summed E-state index contributed by atoms with van der Waals surface area (Å²) in [5.74, 6) is -0.937. The minimum absolute atomic E-state index is 0.0667. The smallest absolute Gasteiger partial charge is 0.340 e. The summed E-state index contributed by atoms with van der Waals surface area (Å²) in [6, 6.07) is 5.11. The van der Waals surface area contributed by atoms with Gasteiger partial charge in [0, 0.05) is 18.8 Å². The van der Waals surface area contributed by atoms with E-state index in [1.54, 1.807) is 25.1 Å². The first-order valence-corrected chi connectivity index (χ1v) is 6.98. The third-order valence-corrected chi connectivity index (χ3v) is 3.43. The van der Waals surface area contributed by atoms with E-state index in [0.29, 0.717) is 12.2 Å². The average molecular weight is 292 g/mol. The van der Waals surface area contributed by atoms with Crippen LogP contribution in [0.5, 0.6) is 0 Å². The summed E-state index contributed by atoms with van der Waals surface area (Å²) in [6.07, 6.45) is 2.03. The highest BCUT2D eigenvalue weighted by atomic mass is 16.5. The van der Waals surface area contributed by atoms with Gasteiger partial charge in [-0.1, -0.05) is 12.1 Å². The fourth-order valence-electron chi connectivity index (χ4n) is 2.15. The van der Waals surface area contributed by atoms with E-state index in [9.17, 15) is 9.59 Å². The number of hydrogen-bond donors (Lipinski definition) is 2. The number of rotatable bonds is 5. The van der Waals surface area contributed by atoms with E-state index in [1.807, 2.05) is 0 Å². The van der Waals surface area contributed by atoms with Crippen LogP contribution < -0.4 is 11.1 Å². The van der Waals surface area contributed by atoms with Crippen molar-refractivity contribution >= 4 is 17.6 Å². The van der Waals surface area contributed by atoms with Crippen LogP contribution in [0.4, 0.5) is 5.69 Å². The van der Waals surface area contributed by atoms with E-state index in [4.69, 9.17) is 15.2 Å². The summed E-state index contributed by atoms with van der Waals surface area (Å²) in [5, 5.41) is 2.69. The Balaban J connectivity index is 1.77. The molecule has 6 heteroatoms. The van der Waals surface area contributed by atoms with E-state index < -0.39 is 5.97 Å². The van der Waals surface area contributed by atoms with Crippen molar-refractivity contribution in [3.8, 4) is 0 Å². The molecule has 21 heavy (non-hydrogen) atoms. The van der Waals surface area contributed by atoms with Gasteiger partial charge in [0.1, 0.15) is 0 Å². The number of para-hydroxylation sites is 1. The van der Waals surface area contributed by atoms with E-state index in [1.165, 1.54) is 0 Å². The van der Waals surface area contributed by atoms with Crippen LogP contribution in [0.15, 0.2) is 18.2 Å². The fourth-order valence-corrected chi connectivity index (χ4v) is 2.15. The Hall–Kier alpha value is -2.08. The number of nitrogens with one attached hydrogen (secondary N) is 1. The monoisotopic (exact) mass is 292 g/mol. The second-order valence-electron chi connectivity index (χ2n) is 5.05. The summed E-state index contributed by atoms with van der Waals surface area (Å²) in [7, 11) is 0. The summed E-state index contributed by atoms with van der Waals surface area (Å²) >= 11 is 0. The first-order valence-electron chi connectivity index (χ1n) is 6.98. The molecule has 0 bridgehead atoms. The van der Waals surface area contributed by atoms with Gasteiger partial charge in [-0.05, 0) is 31.4 Å². The Bertz CT molecular complexity index is 524. The molecule has 1 atom stereocenters. The lowest BCUT2D eigenvalue weighted by Gasteiger charge is -2.11. The van der Waals surface area contributed by atoms with E-state index in [2.05, 4.69) is 5.32 Å². The number of carbonyl (C=O) groups is 2. The third-order valence-electron chi connectivity index (χ3n) is 3.43. The van der Waals surface area contributed by atoms with Crippen LogP contribution in [0.3, 0.4) is 0 Å². The molecule has 1 aliphatic rings. The zero-order valence-corrected chi connectivity index (χ0v) is 12.1. The molecule has 1 amide bonds. The van der Waals surface area contributed by atoms with Gasteiger partial charge >= 0.3 is 5.97 Å². The topological polar surface area (TPSA) is 90.7 Å². The number of amides is 1. The number of esters is 1. The maximum absolute atomic E-state index is 11.9. The molecule has 0 radical (unpaired) electrons. The number of anilines is 1. The molecule has 0 spiro atoms. The number of ether oxygens (including phenoxy) is 2. The van der Waals surface area contributed by atoms with Crippen LogP contribution >= 0.6 is 0 Å². The van der Waals surface area contributed by atoms with Gasteiger partial charge in [-0.2, -0.15) is 0 Å². The largest absolute Gasteiger partial charge is 0.452 e. The number of nitrogens with two attached hydrogens (primary N) is 1. The molecule has 1 saturated heterocycles. The lowest BCUT2D eigenvalue weighted by atomic mass is 10.1. The molecule has 1 heterocycles. The fraction of sp³-hybridized carbons (Fsp3) is 0.467. The predicted molar refractivity (Wildman–Crippen MR) is 77.9 cm³/mol. The SMILES string of the molecule is Cc1cccc(C(=O)OCC(=O)NC[C@@H]2CCCO2)c1N. The van der Waals surface area contributed by atoms with Gasteiger partial charge in [0.25, 0.3) is 5.91 Å². The molecular weight excluding hydrogens is 272 g/mol. The van der Waals surface area contributed by atoms with Crippen LogP contribution in [0.1, 0.15) is 28.8 Å². The normalized spacial score (nSPS) is 17.5. The van der Waals surface area contributed by atoms with Crippen LogP contribution in [0, 0.1) is 6.92 Å². The molecule has 0 aromatic heterocycles. The molecule has 0 aliphatic carbocycles. The minimum atomic E-state index is -0.594. The van der Waals surface area contributed by atoms with Gasteiger partial charge < -0.3 is 20.5 Å². The molecule has 114 valence electrons. The minimum Gasteiger partial charge on any atom is -0.452 e. The quantitative estimate of drug-likeness (QED) is 0.625. The lowest BCUT2D eigenvalue weighted by molar-refractivity contribution is -0.124. The van der Waals surface area contributed by atoms with Crippen molar-refractivity contribution < 1.29 is 19.1 Å². The van der Waals surface area contributed by atoms with Crippen LogP contribution in [0.2, 0.25) is 0 Å². The summed E-state index contributed by atoms with van der Waals surface area (Å²) < 4.78 is 10.4. The van der Waals surface area contributed by atoms with Gasteiger partial charge in [0.2, 0.25) is 0 Å². The van der Waals surface area contributed by atoms with Crippen LogP contribution in [0.25, 0.3) is 0 Å². The van der Waals surface area contributed by atoms with Crippen molar-refractivity contribution in [3.63, 3.8) is 0 Å². The van der Waals surface area contributed by atoms with Crippen molar-refractivity contribution in [2.24, 2.45) is 0 Å². The van der Waals surface area contributed by atoms with Gasteiger partial charge in [-0.25, -0.2) is 4.79 Å². The zero-order chi connectivity index (χ0) is 15.2. The van der Waals surface area contributed by atoms with Gasteiger partial charge in [-0.15, -0.1) is 0 Å². The highest BCUT2D eigenvalue weighted by molar-refractivity contribution is 5.96. The second kappa shape index (κ2) is 7.08. The molecule has 3 N–H and O–H groups in total. The maximum atomic E-state index is 11.9. The molecule has 1 aromatic rings. The van der Waals surface area contributed by atoms with Crippen LogP contribution in [-0.2, 0) is 14.3 Å². The van der Waals surface area contributed by atoms with Gasteiger partial charge in [-0.3, -0.25) is 4.79 Å². The van der Waals surface area contributed by atoms with Crippen molar-refractivity contribution in [1.82, 2.24) is 5.32 Å². The Labute approximate surface area is 123 Å². The molecule has 2 rings (SSSR count). The van der Waals surface area contributed by atoms with Crippen molar-refractivity contribution in [3.05, 3.63) is 29.3 Å². The molecule has 1 aliphatic heterocycles. The zero-order valence-electron chi connectivity index (χ0n) is 12.1. The number of hydrogen-bond acceptors (Lipinski definition) is 5. The highest BCUT2D eigenvalue weighted by Gasteiger charge is 2.17. The summed E-state index contributed by atoms with van der Waals surface area (Å²) in [6.45, 7) is 2.67. The Morgan fingerprint density at radius 3 is 3.00 bits per heavy atom. The third kappa shape index (κ3) is 4.19. The van der Waals surface area contributed by atoms with Crippen molar-refractivity contribution in [2.45, 2.75) is 25.9 Å². The van der Waals surface area contributed by atoms with E-state index >= 15 is 0 Å². The van der Waals surface area contributed by atoms with E-state index in [-0.39, 0.29) is 24.2 Å². The molecule has 1 fully saturated rings. The Morgan fingerprint density at radius 1 is 1.48 bits per heavy atom. The number of aryl methyl sites for hydroxylation is 1. The van der Waals surface area contributed by atoms with Crippen LogP contribution in [-0.4, -0.2) is 37.7 Å². The molecule has 6 nitrogen and oxygen atoms in total. The van der Waals surface area contributed by atoms with Gasteiger partial charge in [0.05, 0.1) is 11.7 Å². The molecule has 1 aromatic carbocycles. The van der Waals surface area contributed by atoms with E-state index in [0.717, 1.165) is 25.0 Å². The number of carbonyl (C=O) groups excluding carboxylic acids is 2. The number of benzene rings is 1. The summed E-state index contributed by atoms with van der Waals surface area (Å²) in [5.41, 5.74) is 7.27. The lowest BCUT2D eigenvalue weighted by Crippen LogP contribution is -2.34. The highest BCUT2D eigenvalue weighted by Crippen LogP contribution is 2.17. The average Bonchev–Trinajstić information content (AvgIpc) is 2.99. The Kier molecular flexibility index (Phi) is 5.16. The predicted octanol–water partition coefficient (Wildman–Crippen LogP) is 1.03. The number of nitrogen functional groups attached to an aromatic ring is 1. The first-order chi connectivity index (χ1) is 10.1. The first kappa shape index (κ1) is 15.3.